The van der Waals surface area contributed by atoms with Crippen molar-refractivity contribution in [3.63, 3.8) is 0 Å². The predicted octanol–water partition coefficient (Wildman–Crippen LogP) is 16.7. The van der Waals surface area contributed by atoms with Crippen molar-refractivity contribution < 1.29 is 145 Å². The van der Waals surface area contributed by atoms with E-state index in [-0.39, 0.29) is 74.7 Å². The summed E-state index contributed by atoms with van der Waals surface area (Å²) in [5.74, 6) is -0.911. The fraction of sp³-hybridized carbons (Fsp3) is 0.237. The summed E-state index contributed by atoms with van der Waals surface area (Å²) < 4.78 is 109. The van der Waals surface area contributed by atoms with Gasteiger partial charge in [-0.25, -0.2) is 14.4 Å². The molecule has 764 valence electrons. The summed E-state index contributed by atoms with van der Waals surface area (Å²) in [4.78, 5) is 53.1. The van der Waals surface area contributed by atoms with Crippen molar-refractivity contribution in [2.45, 2.75) is 75.1 Å². The number of carbonyl (C=O) groups is 4. The second-order valence-electron chi connectivity index (χ2n) is 36.2. The Morgan fingerprint density at radius 2 is 0.597 bits per heavy atom. The van der Waals surface area contributed by atoms with Crippen LogP contribution in [0.25, 0.3) is 0 Å². The van der Waals surface area contributed by atoms with Gasteiger partial charge in [0.15, 0.2) is 50.6 Å². The van der Waals surface area contributed by atoms with Crippen LogP contribution in [0.4, 0.5) is 0 Å². The smallest absolute Gasteiger partial charge is 0.338 e. The van der Waals surface area contributed by atoms with Gasteiger partial charge in [-0.05, 0) is 76.3 Å². The number of carbonyl (C=O) groups excluding carboxylic acids is 4. The molecule has 5 heterocycles. The molecule has 22 rings (SSSR count). The van der Waals surface area contributed by atoms with Gasteiger partial charge in [-0.15, -0.1) is 0 Å². The fourth-order valence-electron chi connectivity index (χ4n) is 23.1. The Hall–Kier alpha value is -17.3. The maximum atomic E-state index is 13.4. The van der Waals surface area contributed by atoms with Crippen LogP contribution in [0.3, 0.4) is 0 Å². The van der Waals surface area contributed by atoms with Crippen LogP contribution in [0.15, 0.2) is 343 Å². The predicted molar refractivity (Wildman–Crippen MR) is 540 cm³/mol. The highest BCUT2D eigenvalue weighted by Gasteiger charge is 2.80. The first kappa shape index (κ1) is 100. The van der Waals surface area contributed by atoms with Gasteiger partial charge in [0.05, 0.1) is 174 Å². The van der Waals surface area contributed by atoms with Crippen molar-refractivity contribution in [1.82, 2.24) is 5.32 Å². The summed E-state index contributed by atoms with van der Waals surface area (Å²) in [5.41, 5.74) is -6.70. The number of fused-ring (bicyclic) bond motifs is 13. The van der Waals surface area contributed by atoms with Gasteiger partial charge < -0.3 is 131 Å². The largest absolute Gasteiger partial charge is 0.508 e. The number of ketones is 1. The zero-order chi connectivity index (χ0) is 105. The number of aliphatic hydroxyl groups is 6. The van der Waals surface area contributed by atoms with Gasteiger partial charge >= 0.3 is 17.9 Å². The lowest BCUT2D eigenvalue weighted by Crippen LogP contribution is -2.52. The molecule has 5 aliphatic heterocycles. The van der Waals surface area contributed by atoms with Gasteiger partial charge in [-0.2, -0.15) is 0 Å². The number of hydrogen-bond acceptors (Lipinski definition) is 31. The number of hydrogen-bond donors (Lipinski definition) is 8. The van der Waals surface area contributed by atoms with E-state index in [0.29, 0.717) is 126 Å². The van der Waals surface area contributed by atoms with Gasteiger partial charge in [0.1, 0.15) is 116 Å². The molecule has 0 bridgehead atoms. The van der Waals surface area contributed by atoms with Gasteiger partial charge in [-0.3, -0.25) is 4.79 Å². The minimum Gasteiger partial charge on any atom is -0.508 e. The summed E-state index contributed by atoms with van der Waals surface area (Å²) in [6.07, 6.45) is 0. The monoisotopic (exact) mass is 2020 g/mol. The Bertz CT molecular complexity index is 7480. The molecule has 31 nitrogen and oxygen atoms in total. The molecular weight excluding hydrogens is 1910 g/mol. The third-order valence-corrected chi connectivity index (χ3v) is 29.4. The highest BCUT2D eigenvalue weighted by molar-refractivity contribution is 6.04. The Kier molecular flexibility index (Phi) is 26.5. The molecule has 0 radical (unpaired) electrons. The second-order valence-corrected chi connectivity index (χ2v) is 36.2. The average molecular weight is 2020 g/mol. The van der Waals surface area contributed by atoms with E-state index in [1.165, 1.54) is 83.2 Å². The number of benzene rings is 13. The Balaban J connectivity index is 0.000000125. The molecule has 0 fully saturated rings. The minimum atomic E-state index is -2.26. The van der Waals surface area contributed by atoms with Crippen LogP contribution in [-0.2, 0) is 89.5 Å². The third kappa shape index (κ3) is 14.9. The molecule has 4 aliphatic carbocycles. The number of rotatable bonds is 25. The lowest BCUT2D eigenvalue weighted by atomic mass is 9.68. The highest BCUT2D eigenvalue weighted by Crippen LogP contribution is 2.76. The van der Waals surface area contributed by atoms with Crippen LogP contribution in [0.2, 0.25) is 0 Å². The van der Waals surface area contributed by atoms with E-state index in [0.717, 1.165) is 16.7 Å². The van der Waals surface area contributed by atoms with Crippen molar-refractivity contribution >= 4 is 23.7 Å². The van der Waals surface area contributed by atoms with Crippen LogP contribution in [0.5, 0.6) is 92.0 Å². The zero-order valence-corrected chi connectivity index (χ0v) is 83.5. The first-order valence-corrected chi connectivity index (χ1v) is 47.3. The number of aliphatic hydroxyl groups excluding tert-OH is 2. The van der Waals surface area contributed by atoms with E-state index < -0.39 is 97.9 Å². The molecule has 13 aromatic rings. The number of phenols is 1. The van der Waals surface area contributed by atoms with E-state index in [2.05, 4.69) is 5.32 Å². The molecule has 12 atom stereocenters. The molecule has 0 saturated carbocycles. The van der Waals surface area contributed by atoms with E-state index in [9.17, 15) is 54.9 Å². The molecule has 0 aromatic heterocycles. The number of Topliss-reactive ketones (excluding diaryl/α,β-unsaturated/α-hetero) is 1. The fourth-order valence-corrected chi connectivity index (χ4v) is 23.1. The Labute approximate surface area is 857 Å². The van der Waals surface area contributed by atoms with Crippen molar-refractivity contribution in [3.05, 3.63) is 415 Å². The van der Waals surface area contributed by atoms with Gasteiger partial charge in [0, 0.05) is 76.4 Å². The summed E-state index contributed by atoms with van der Waals surface area (Å²) in [6.45, 7) is 0.407. The molecule has 31 heteroatoms. The van der Waals surface area contributed by atoms with Crippen LogP contribution < -0.4 is 76.4 Å². The van der Waals surface area contributed by atoms with Crippen molar-refractivity contribution in [2.75, 3.05) is 106 Å². The number of phenolic OH excluding ortho intramolecular Hbond substituents is 1. The molecule has 8 N–H and O–H groups in total. The SMILES string of the molecule is COC(=O)C1=C(O)[C@@]2(O)c3c(OC)cc(O)cc3O[C@@]2(c2ccc(OC)cc2)[C@@H]1c1ccccc1.COC(=O)C1=C(O)[C@@]2(O)c3c(OC)cc(OCc4ccccc4)cc3O[C@@]2(c2ccc(OC)cc2)[C@@H]1c1ccccc1.COC(=O)C1=C(OC)[C@@]2(O)c3c(OC)cc(OC)cc3O[C@@]2(c2ccc(OC)cc2)[C@@H]1c1ccccc1.COc1ccc([C@@]23Oc4cc(OC)cc(OC)c4[C@]2(O)C2=C(C(=O)CN2)[C@H]3c2ccccc2)cc1. The third-order valence-electron chi connectivity index (χ3n) is 29.4. The molecule has 9 aliphatic rings. The quantitative estimate of drug-likeness (QED) is 0.0195. The van der Waals surface area contributed by atoms with Crippen LogP contribution in [0.1, 0.15) is 96.0 Å². The normalized spacial score (nSPS) is 23.9. The number of methoxy groups -OCH3 is 14. The van der Waals surface area contributed by atoms with Crippen LogP contribution in [-0.4, -0.2) is 166 Å². The van der Waals surface area contributed by atoms with Gasteiger partial charge in [-0.1, -0.05) is 200 Å². The first-order chi connectivity index (χ1) is 72.1. The van der Waals surface area contributed by atoms with Crippen molar-refractivity contribution in [3.8, 4) is 92.0 Å². The summed E-state index contributed by atoms with van der Waals surface area (Å²) in [5, 5.41) is 88.2. The minimum absolute atomic E-state index is 0.0197. The van der Waals surface area contributed by atoms with E-state index in [4.69, 9.17) is 90.0 Å². The average Bonchev–Trinajstić information content (AvgIpc) is 1.56. The Morgan fingerprint density at radius 3 is 0.940 bits per heavy atom. The molecule has 0 amide bonds. The molecular formula is C118H107NO30. The summed E-state index contributed by atoms with van der Waals surface area (Å²) >= 11 is 0. The lowest BCUT2D eigenvalue weighted by molar-refractivity contribution is -0.138. The number of esters is 3. The first-order valence-electron chi connectivity index (χ1n) is 47.3. The van der Waals surface area contributed by atoms with Crippen molar-refractivity contribution in [1.29, 1.82) is 0 Å². The highest BCUT2D eigenvalue weighted by atomic mass is 16.6. The van der Waals surface area contributed by atoms with Gasteiger partial charge in [0.25, 0.3) is 0 Å². The maximum Gasteiger partial charge on any atom is 0.338 e. The Morgan fingerprint density at radius 1 is 0.309 bits per heavy atom. The van der Waals surface area contributed by atoms with E-state index in [1.54, 1.807) is 150 Å². The molecule has 0 unspecified atom stereocenters. The van der Waals surface area contributed by atoms with Crippen molar-refractivity contribution in [2.24, 2.45) is 0 Å². The molecule has 149 heavy (non-hydrogen) atoms. The summed E-state index contributed by atoms with van der Waals surface area (Å²) in [6, 6.07) is 87.9. The van der Waals surface area contributed by atoms with E-state index >= 15 is 0 Å². The maximum absolute atomic E-state index is 13.4. The van der Waals surface area contributed by atoms with Crippen LogP contribution in [0, 0.1) is 0 Å². The zero-order valence-electron chi connectivity index (χ0n) is 83.5. The standard InChI is InChI=1S/C34H30O8.C29H28O8.C28H25NO6.C27H24O8/c1-38-24-16-14-23(15-17-24)34-29(22-12-8-5-9-13-22)28(32(36)40-3)31(35)33(34,37)30-26(39-2)18-25(19-27(30)42-34)41-20-21-10-6-4-7-11-21;1-32-19-13-11-18(12-14-19)29-24(17-9-7-6-8-10-17)23(27(30)36-5)26(35-4)28(29,31)25-21(34-3)15-20(33-2)16-22(25)37-29;1-32-18-11-9-17(10-12-18)28-24(16-7-5-4-6-8-16)23-20(30)15-29-26(23)27(28,31)25-21(34-3)13-19(33-2)14-22(25)35-28;1-32-18-11-9-16(10-12-18)27-22(15-7-5-4-6-8-15)21(25(30)34-3)24(29)26(27,31)23-19(33-2)13-17(28)14-20(23)35-27/h4-19,29,35,37H,20H2,1-3H3;6-16,24,31H,1-5H3;4-14,24,29,31H,15H2,1-3H3;4-14,22,28-29,31H,1-3H3/t29-,33+,34+;24-,28+,29+;24-,27+,28+;22-,26+,27+/m1111/s1. The number of nitrogens with one attached hydrogen (secondary N) is 1. The van der Waals surface area contributed by atoms with Crippen LogP contribution >= 0.6 is 0 Å². The number of ether oxygens (including phenoxy) is 19. The number of aromatic hydroxyl groups is 1. The van der Waals surface area contributed by atoms with Gasteiger partial charge in [0.2, 0.25) is 0 Å². The topological polar surface area (TPSA) is 397 Å². The second kappa shape index (κ2) is 39.3. The van der Waals surface area contributed by atoms with E-state index in [1.807, 2.05) is 164 Å². The summed E-state index contributed by atoms with van der Waals surface area (Å²) in [7, 11) is 20.4. The molecule has 0 spiro atoms. The molecule has 0 saturated heterocycles. The molecule has 13 aromatic carbocycles. The lowest BCUT2D eigenvalue weighted by Gasteiger charge is -2.42.